The number of anilines is 1. The summed E-state index contributed by atoms with van der Waals surface area (Å²) in [4.78, 5) is 24.9. The van der Waals surface area contributed by atoms with Gasteiger partial charge in [0.15, 0.2) is 5.82 Å². The Balaban J connectivity index is 1.57. The zero-order valence-electron chi connectivity index (χ0n) is 18.1. The van der Waals surface area contributed by atoms with E-state index in [1.54, 1.807) is 9.58 Å². The molecule has 0 radical (unpaired) electrons. The molecule has 0 saturated heterocycles. The molecule has 1 aliphatic rings. The van der Waals surface area contributed by atoms with Gasteiger partial charge in [0.1, 0.15) is 18.5 Å². The Hall–Kier alpha value is -2.96. The molecule has 2 aromatic heterocycles. The van der Waals surface area contributed by atoms with Gasteiger partial charge in [0.25, 0.3) is 0 Å². The topological polar surface area (TPSA) is 121 Å². The predicted molar refractivity (Wildman–Crippen MR) is 106 cm³/mol. The fourth-order valence-electron chi connectivity index (χ4n) is 3.31. The van der Waals surface area contributed by atoms with Gasteiger partial charge < -0.3 is 20.1 Å². The Bertz CT molecular complexity index is 926. The summed E-state index contributed by atoms with van der Waals surface area (Å²) in [6.45, 7) is 7.56. The van der Waals surface area contributed by atoms with Gasteiger partial charge in [-0.25, -0.2) is 24.4 Å². The maximum absolute atomic E-state index is 12.7. The fourth-order valence-corrected chi connectivity index (χ4v) is 3.31. The van der Waals surface area contributed by atoms with Crippen LogP contribution < -0.4 is 10.6 Å². The Kier molecular flexibility index (Phi) is 6.86. The molecule has 0 bridgehead atoms. The lowest BCUT2D eigenvalue weighted by molar-refractivity contribution is -0.138. The molecule has 1 amide bonds. The van der Waals surface area contributed by atoms with E-state index in [0.29, 0.717) is 37.7 Å². The number of amides is 1. The fraction of sp³-hybridized carbons (Fsp3) is 0.632. The molecule has 176 valence electrons. The number of halogens is 3. The van der Waals surface area contributed by atoms with Crippen LogP contribution in [0.2, 0.25) is 0 Å². The molecule has 0 unspecified atom stereocenters. The summed E-state index contributed by atoms with van der Waals surface area (Å²) >= 11 is 0. The summed E-state index contributed by atoms with van der Waals surface area (Å²) in [5.74, 6) is 1.26. The van der Waals surface area contributed by atoms with Crippen LogP contribution in [-0.2, 0) is 35.3 Å². The van der Waals surface area contributed by atoms with Crippen molar-refractivity contribution in [2.24, 2.45) is 11.1 Å². The summed E-state index contributed by atoms with van der Waals surface area (Å²) in [5, 5.41) is 4.39. The normalized spacial score (nSPS) is 15.4. The van der Waals surface area contributed by atoms with Crippen LogP contribution in [0.5, 0.6) is 0 Å². The highest BCUT2D eigenvalue weighted by Gasteiger charge is 2.32. The molecule has 0 aromatic carbocycles. The minimum Gasteiger partial charge on any atom is -0.444 e. The molecule has 0 aliphatic carbocycles. The molecule has 0 fully saturated rings. The van der Waals surface area contributed by atoms with Crippen LogP contribution in [0.3, 0.4) is 0 Å². The first-order valence-electron chi connectivity index (χ1n) is 10.0. The third kappa shape index (κ3) is 6.52. The predicted octanol–water partition coefficient (Wildman–Crippen LogP) is 2.52. The number of ether oxygens (including phenoxy) is 2. The number of carbonyl (C=O) groups is 1. The van der Waals surface area contributed by atoms with Gasteiger partial charge >= 0.3 is 12.3 Å². The number of hydrogen-bond donors (Lipinski definition) is 1. The Labute approximate surface area is 182 Å². The van der Waals surface area contributed by atoms with Crippen molar-refractivity contribution in [1.29, 1.82) is 0 Å². The molecule has 2 N–H and O–H groups in total. The van der Waals surface area contributed by atoms with Crippen LogP contribution in [0.25, 0.3) is 0 Å². The highest BCUT2D eigenvalue weighted by Crippen LogP contribution is 2.28. The zero-order chi connectivity index (χ0) is 23.5. The van der Waals surface area contributed by atoms with Gasteiger partial charge in [0.2, 0.25) is 5.95 Å². The molecular weight excluding hydrogens is 431 g/mol. The first-order chi connectivity index (χ1) is 14.9. The van der Waals surface area contributed by atoms with E-state index in [1.807, 2.05) is 20.8 Å². The van der Waals surface area contributed by atoms with Crippen molar-refractivity contribution in [2.45, 2.75) is 59.2 Å². The second kappa shape index (κ2) is 9.27. The third-order valence-electron chi connectivity index (χ3n) is 4.61. The lowest BCUT2D eigenvalue weighted by Gasteiger charge is -2.26. The lowest BCUT2D eigenvalue weighted by atomic mass is 9.89. The van der Waals surface area contributed by atoms with Crippen LogP contribution in [0.1, 0.15) is 44.4 Å². The highest BCUT2D eigenvalue weighted by molar-refractivity contribution is 5.64. The number of primary amides is 1. The molecular formula is C19H26F3N7O3. The van der Waals surface area contributed by atoms with E-state index in [9.17, 15) is 18.0 Å². The van der Waals surface area contributed by atoms with Crippen LogP contribution in [0, 0.1) is 5.41 Å². The van der Waals surface area contributed by atoms with Crippen LogP contribution in [-0.4, -0.2) is 50.1 Å². The molecule has 2 aromatic rings. The minimum atomic E-state index is -4.48. The van der Waals surface area contributed by atoms with Crippen molar-refractivity contribution in [3.8, 4) is 0 Å². The van der Waals surface area contributed by atoms with E-state index in [4.69, 9.17) is 15.2 Å². The molecule has 3 heterocycles. The summed E-state index contributed by atoms with van der Waals surface area (Å²) < 4.78 is 50.6. The second-order valence-corrected chi connectivity index (χ2v) is 8.70. The van der Waals surface area contributed by atoms with Gasteiger partial charge in [0, 0.05) is 18.9 Å². The van der Waals surface area contributed by atoms with Crippen molar-refractivity contribution >= 4 is 12.0 Å². The average molecular weight is 457 g/mol. The lowest BCUT2D eigenvalue weighted by Crippen LogP contribution is -2.35. The highest BCUT2D eigenvalue weighted by atomic mass is 19.4. The maximum atomic E-state index is 12.7. The Morgan fingerprint density at radius 3 is 2.50 bits per heavy atom. The standard InChI is InChI=1S/C19H26F3N7O3/c1-18(2,3)6-13(32-16(23)30)10-31-11-14-26-15-9-28(4-5-29(15)27-14)17-24-7-12(8-25-17)19(20,21)22/h7-8,13H,4-6,9-11H2,1-3H3,(H2,23,30)/t13-/m0/s1. The zero-order valence-corrected chi connectivity index (χ0v) is 18.1. The SMILES string of the molecule is CC(C)(C)C[C@@H](COCc1nc2n(n1)CCN(c1ncc(C(F)(F)F)cn1)C2)OC(N)=O. The molecule has 32 heavy (non-hydrogen) atoms. The van der Waals surface area contributed by atoms with Crippen molar-refractivity contribution in [3.63, 3.8) is 0 Å². The summed E-state index contributed by atoms with van der Waals surface area (Å²) in [7, 11) is 0. The number of rotatable bonds is 7. The molecule has 1 atom stereocenters. The number of aromatic nitrogens is 5. The molecule has 13 heteroatoms. The van der Waals surface area contributed by atoms with E-state index < -0.39 is 23.9 Å². The smallest absolute Gasteiger partial charge is 0.419 e. The van der Waals surface area contributed by atoms with E-state index in [0.717, 1.165) is 12.4 Å². The number of hydrogen-bond acceptors (Lipinski definition) is 8. The number of alkyl halides is 3. The first kappa shape index (κ1) is 23.7. The van der Waals surface area contributed by atoms with E-state index in [2.05, 4.69) is 20.1 Å². The quantitative estimate of drug-likeness (QED) is 0.673. The van der Waals surface area contributed by atoms with Gasteiger partial charge in [-0.1, -0.05) is 20.8 Å². The summed E-state index contributed by atoms with van der Waals surface area (Å²) in [5.41, 5.74) is 4.15. The Morgan fingerprint density at radius 2 is 1.91 bits per heavy atom. The van der Waals surface area contributed by atoms with Crippen molar-refractivity contribution < 1.29 is 27.4 Å². The summed E-state index contributed by atoms with van der Waals surface area (Å²) in [6.07, 6.45) is -3.72. The molecule has 0 saturated carbocycles. The average Bonchev–Trinajstić information content (AvgIpc) is 3.07. The minimum absolute atomic E-state index is 0.0843. The van der Waals surface area contributed by atoms with Gasteiger partial charge in [-0.3, -0.25) is 0 Å². The van der Waals surface area contributed by atoms with E-state index >= 15 is 0 Å². The van der Waals surface area contributed by atoms with Gasteiger partial charge in [0.05, 0.1) is 25.3 Å². The van der Waals surface area contributed by atoms with Crippen molar-refractivity contribution in [3.05, 3.63) is 29.6 Å². The van der Waals surface area contributed by atoms with Crippen LogP contribution in [0.4, 0.5) is 23.9 Å². The van der Waals surface area contributed by atoms with E-state index in [1.165, 1.54) is 0 Å². The maximum Gasteiger partial charge on any atom is 0.419 e. The van der Waals surface area contributed by atoms with Gasteiger partial charge in [-0.15, -0.1) is 0 Å². The van der Waals surface area contributed by atoms with E-state index in [-0.39, 0.29) is 24.6 Å². The Morgan fingerprint density at radius 1 is 1.22 bits per heavy atom. The molecule has 10 nitrogen and oxygen atoms in total. The number of carbonyl (C=O) groups excluding carboxylic acids is 1. The first-order valence-corrected chi connectivity index (χ1v) is 10.0. The second-order valence-electron chi connectivity index (χ2n) is 8.70. The number of fused-ring (bicyclic) bond motifs is 1. The monoisotopic (exact) mass is 457 g/mol. The summed E-state index contributed by atoms with van der Waals surface area (Å²) in [6, 6.07) is 0. The number of nitrogens with zero attached hydrogens (tertiary/aromatic N) is 6. The van der Waals surface area contributed by atoms with Gasteiger partial charge in [-0.05, 0) is 11.8 Å². The molecule has 1 aliphatic heterocycles. The van der Waals surface area contributed by atoms with Crippen molar-refractivity contribution in [1.82, 2.24) is 24.7 Å². The van der Waals surface area contributed by atoms with Crippen molar-refractivity contribution in [2.75, 3.05) is 18.1 Å². The largest absolute Gasteiger partial charge is 0.444 e. The number of nitrogens with two attached hydrogens (primary N) is 1. The molecule has 3 rings (SSSR count). The van der Waals surface area contributed by atoms with Crippen LogP contribution >= 0.6 is 0 Å². The molecule has 0 spiro atoms. The van der Waals surface area contributed by atoms with Crippen LogP contribution in [0.15, 0.2) is 12.4 Å². The van der Waals surface area contributed by atoms with Gasteiger partial charge in [-0.2, -0.15) is 18.3 Å². The third-order valence-corrected chi connectivity index (χ3v) is 4.61.